The third kappa shape index (κ3) is 7.25. The van der Waals surface area contributed by atoms with E-state index in [9.17, 15) is 9.90 Å². The maximum absolute atomic E-state index is 11.3. The summed E-state index contributed by atoms with van der Waals surface area (Å²) in [5.74, 6) is -1.61. The summed E-state index contributed by atoms with van der Waals surface area (Å²) in [7, 11) is -1.59. The van der Waals surface area contributed by atoms with Crippen molar-refractivity contribution in [2.24, 2.45) is 5.41 Å². The maximum Gasteiger partial charge on any atom is 0.303 e. The lowest BCUT2D eigenvalue weighted by molar-refractivity contribution is -0.300. The Kier molecular flexibility index (Phi) is 9.12. The van der Waals surface area contributed by atoms with E-state index in [0.717, 1.165) is 16.7 Å². The number of hydrogen-bond donors (Lipinski definition) is 1. The highest BCUT2D eigenvalue weighted by atomic mass is 28.3. The largest absolute Gasteiger partial charge is 0.481 e. The molecule has 1 aliphatic heterocycles. The predicted molar refractivity (Wildman–Crippen MR) is 157 cm³/mol. The van der Waals surface area contributed by atoms with Gasteiger partial charge in [-0.3, -0.25) is 4.79 Å². The Balaban J connectivity index is 1.77. The van der Waals surface area contributed by atoms with Crippen molar-refractivity contribution in [1.82, 2.24) is 0 Å². The highest BCUT2D eigenvalue weighted by molar-refractivity contribution is 6.80. The normalized spacial score (nSPS) is 20.1. The van der Waals surface area contributed by atoms with Crippen LogP contribution in [0.5, 0.6) is 0 Å². The van der Waals surface area contributed by atoms with Gasteiger partial charge in [0.1, 0.15) is 0 Å². The van der Waals surface area contributed by atoms with Crippen LogP contribution in [-0.4, -0.2) is 44.7 Å². The highest BCUT2D eigenvalue weighted by Gasteiger charge is 2.47. The fourth-order valence-electron chi connectivity index (χ4n) is 5.33. The zero-order chi connectivity index (χ0) is 28.2. The van der Waals surface area contributed by atoms with E-state index in [1.807, 2.05) is 38.1 Å². The minimum Gasteiger partial charge on any atom is -0.481 e. The molecule has 4 rings (SSSR count). The van der Waals surface area contributed by atoms with E-state index >= 15 is 0 Å². The molecule has 6 heteroatoms. The first-order valence-electron chi connectivity index (χ1n) is 13.7. The molecule has 1 aliphatic rings. The summed E-state index contributed by atoms with van der Waals surface area (Å²) in [4.78, 5) is 11.3. The van der Waals surface area contributed by atoms with Gasteiger partial charge in [0.05, 0.1) is 18.8 Å². The lowest BCUT2D eigenvalue weighted by Crippen LogP contribution is -2.58. The second-order valence-corrected chi connectivity index (χ2v) is 13.9. The number of benzene rings is 3. The molecule has 0 aliphatic carbocycles. The standard InChI is InChI=1S/C33H41O5Si/c1-23-24(20-21-29(34)35)14-13-19-27(23)28-22-36-33(5,6)37-30(28)31(32(2,3)4)38-39(25-15-9-7-10-16-25)26-17-11-8-12-18-26/h7-19,28,30-31H,20-22H2,1-6H3,(H,34,35). The van der Waals surface area contributed by atoms with Crippen LogP contribution in [0.1, 0.15) is 63.6 Å². The third-order valence-corrected chi connectivity index (χ3v) is 9.60. The summed E-state index contributed by atoms with van der Waals surface area (Å²) < 4.78 is 20.3. The molecule has 3 aromatic carbocycles. The molecule has 1 radical (unpaired) electrons. The Labute approximate surface area is 234 Å². The lowest BCUT2D eigenvalue weighted by Gasteiger charge is -2.48. The van der Waals surface area contributed by atoms with Crippen LogP contribution in [0.2, 0.25) is 0 Å². The molecule has 0 spiro atoms. The lowest BCUT2D eigenvalue weighted by atomic mass is 9.77. The monoisotopic (exact) mass is 545 g/mol. The maximum atomic E-state index is 11.3. The Morgan fingerprint density at radius 2 is 1.59 bits per heavy atom. The first kappa shape index (κ1) is 29.2. The number of ether oxygens (including phenoxy) is 2. The number of aryl methyl sites for hydroxylation is 1. The summed E-state index contributed by atoms with van der Waals surface area (Å²) >= 11 is 0. The quantitative estimate of drug-likeness (QED) is 0.361. The van der Waals surface area contributed by atoms with E-state index in [0.29, 0.717) is 13.0 Å². The number of hydrogen-bond acceptors (Lipinski definition) is 4. The smallest absolute Gasteiger partial charge is 0.303 e. The Morgan fingerprint density at radius 3 is 2.13 bits per heavy atom. The minimum atomic E-state index is -1.59. The molecule has 1 fully saturated rings. The third-order valence-electron chi connectivity index (χ3n) is 7.39. The van der Waals surface area contributed by atoms with Gasteiger partial charge in [-0.05, 0) is 59.7 Å². The SMILES string of the molecule is Cc1c(CCC(=O)O)cccc1C1COC(C)(C)OC1C(O[Si](c1ccccc1)c1ccccc1)C(C)(C)C. The molecule has 3 aromatic rings. The Bertz CT molecular complexity index is 1200. The second-order valence-electron chi connectivity index (χ2n) is 11.9. The van der Waals surface area contributed by atoms with Crippen molar-refractivity contribution in [2.75, 3.05) is 6.61 Å². The van der Waals surface area contributed by atoms with E-state index < -0.39 is 20.8 Å². The van der Waals surface area contributed by atoms with Crippen LogP contribution >= 0.6 is 0 Å². The first-order valence-corrected chi connectivity index (χ1v) is 15.1. The summed E-state index contributed by atoms with van der Waals surface area (Å²) in [6.07, 6.45) is 0.0942. The van der Waals surface area contributed by atoms with Crippen LogP contribution in [0, 0.1) is 12.3 Å². The van der Waals surface area contributed by atoms with Crippen molar-refractivity contribution in [1.29, 1.82) is 0 Å². The zero-order valence-corrected chi connectivity index (χ0v) is 24.9. The van der Waals surface area contributed by atoms with Crippen molar-refractivity contribution in [3.8, 4) is 0 Å². The molecule has 0 aromatic heterocycles. The molecule has 0 bridgehead atoms. The van der Waals surface area contributed by atoms with Gasteiger partial charge in [0, 0.05) is 12.3 Å². The zero-order valence-electron chi connectivity index (χ0n) is 23.9. The summed E-state index contributed by atoms with van der Waals surface area (Å²) in [6.45, 7) is 13.2. The van der Waals surface area contributed by atoms with Gasteiger partial charge in [-0.15, -0.1) is 0 Å². The van der Waals surface area contributed by atoms with Crippen molar-refractivity contribution in [3.05, 3.63) is 95.6 Å². The minimum absolute atomic E-state index is 0.0678. The number of carboxylic acid groups (broad SMARTS) is 1. The fourth-order valence-corrected chi connectivity index (χ4v) is 7.67. The second kappa shape index (κ2) is 12.2. The number of rotatable bonds is 9. The van der Waals surface area contributed by atoms with Gasteiger partial charge in [0.15, 0.2) is 5.79 Å². The van der Waals surface area contributed by atoms with Gasteiger partial charge in [-0.2, -0.15) is 0 Å². The number of carbonyl (C=O) groups is 1. The van der Waals surface area contributed by atoms with Crippen molar-refractivity contribution in [3.63, 3.8) is 0 Å². The van der Waals surface area contributed by atoms with Crippen LogP contribution in [0.3, 0.4) is 0 Å². The number of aliphatic carboxylic acids is 1. The van der Waals surface area contributed by atoms with E-state index in [-0.39, 0.29) is 30.0 Å². The van der Waals surface area contributed by atoms with Crippen molar-refractivity contribution < 1.29 is 23.8 Å². The number of carboxylic acids is 1. The molecule has 3 atom stereocenters. The van der Waals surface area contributed by atoms with E-state index in [1.165, 1.54) is 10.4 Å². The van der Waals surface area contributed by atoms with Crippen LogP contribution in [-0.2, 0) is 25.1 Å². The van der Waals surface area contributed by atoms with Gasteiger partial charge >= 0.3 is 5.97 Å². The van der Waals surface area contributed by atoms with Crippen LogP contribution in [0.15, 0.2) is 78.9 Å². The molecular weight excluding hydrogens is 504 g/mol. The Morgan fingerprint density at radius 1 is 1.00 bits per heavy atom. The molecule has 207 valence electrons. The van der Waals surface area contributed by atoms with Crippen molar-refractivity contribution in [2.45, 2.75) is 78.3 Å². The molecule has 3 unspecified atom stereocenters. The average Bonchev–Trinajstić information content (AvgIpc) is 2.89. The van der Waals surface area contributed by atoms with Gasteiger partial charge in [0.25, 0.3) is 9.04 Å². The molecular formula is C33H41O5Si. The van der Waals surface area contributed by atoms with Gasteiger partial charge in [-0.1, -0.05) is 99.6 Å². The summed E-state index contributed by atoms with van der Waals surface area (Å²) in [5, 5.41) is 11.6. The highest BCUT2D eigenvalue weighted by Crippen LogP contribution is 2.41. The topological polar surface area (TPSA) is 65.0 Å². The molecule has 1 N–H and O–H groups in total. The molecule has 39 heavy (non-hydrogen) atoms. The molecule has 5 nitrogen and oxygen atoms in total. The summed E-state index contributed by atoms with van der Waals surface area (Å²) in [6, 6.07) is 27.2. The predicted octanol–water partition coefficient (Wildman–Crippen LogP) is 5.48. The summed E-state index contributed by atoms with van der Waals surface area (Å²) in [5.41, 5.74) is 3.05. The van der Waals surface area contributed by atoms with Gasteiger partial charge in [0.2, 0.25) is 0 Å². The molecule has 0 saturated carbocycles. The van der Waals surface area contributed by atoms with E-state index in [4.69, 9.17) is 13.9 Å². The van der Waals surface area contributed by atoms with E-state index in [1.54, 1.807) is 0 Å². The van der Waals surface area contributed by atoms with Crippen LogP contribution in [0.4, 0.5) is 0 Å². The van der Waals surface area contributed by atoms with Crippen LogP contribution in [0.25, 0.3) is 0 Å². The molecule has 1 saturated heterocycles. The average molecular weight is 546 g/mol. The van der Waals surface area contributed by atoms with Crippen molar-refractivity contribution >= 4 is 25.4 Å². The van der Waals surface area contributed by atoms with Gasteiger partial charge < -0.3 is 19.0 Å². The molecule has 1 heterocycles. The fraction of sp³-hybridized carbons (Fsp3) is 0.424. The Hall–Kier alpha value is -2.77. The van der Waals surface area contributed by atoms with E-state index in [2.05, 4.69) is 82.3 Å². The van der Waals surface area contributed by atoms with Gasteiger partial charge in [-0.25, -0.2) is 0 Å². The molecule has 0 amide bonds. The first-order chi connectivity index (χ1) is 18.5. The van der Waals surface area contributed by atoms with Crippen LogP contribution < -0.4 is 10.4 Å².